The second kappa shape index (κ2) is 5.31. The van der Waals surface area contributed by atoms with Gasteiger partial charge >= 0.3 is 5.97 Å². The molecule has 1 N–H and O–H groups in total. The van der Waals surface area contributed by atoms with E-state index in [9.17, 15) is 4.79 Å². The highest BCUT2D eigenvalue weighted by molar-refractivity contribution is 5.76. The molecule has 0 aromatic rings. The second-order valence-corrected chi connectivity index (χ2v) is 4.53. The Hall–Kier alpha value is -0.830. The molecule has 0 saturated heterocycles. The second-order valence-electron chi connectivity index (χ2n) is 4.53. The monoisotopic (exact) mass is 212 g/mol. The first-order chi connectivity index (χ1) is 7.02. The van der Waals surface area contributed by atoms with E-state index in [1.807, 2.05) is 0 Å². The Bertz CT molecular complexity index is 243. The van der Waals surface area contributed by atoms with E-state index in [0.717, 1.165) is 32.1 Å². The lowest BCUT2D eigenvalue weighted by atomic mass is 10.0. The summed E-state index contributed by atoms with van der Waals surface area (Å²) in [6.45, 7) is 3.23. The molecule has 0 saturated carbocycles. The Morgan fingerprint density at radius 1 is 1.33 bits per heavy atom. The van der Waals surface area contributed by atoms with Crippen molar-refractivity contribution in [3.05, 3.63) is 12.2 Å². The first-order valence-corrected chi connectivity index (χ1v) is 5.58. The number of ether oxygens (including phenoxy) is 1. The summed E-state index contributed by atoms with van der Waals surface area (Å²) >= 11 is 0. The fourth-order valence-corrected chi connectivity index (χ4v) is 1.71. The average molecular weight is 212 g/mol. The van der Waals surface area contributed by atoms with E-state index < -0.39 is 11.6 Å². The summed E-state index contributed by atoms with van der Waals surface area (Å²) in [7, 11) is 0. The minimum absolute atomic E-state index is 0.0843. The zero-order valence-corrected chi connectivity index (χ0v) is 9.53. The molecule has 1 aliphatic rings. The molecular formula is C12H20O3. The molecule has 0 heterocycles. The van der Waals surface area contributed by atoms with Crippen LogP contribution in [-0.2, 0) is 9.53 Å². The molecule has 0 bridgehead atoms. The molecule has 0 aromatic carbocycles. The smallest absolute Gasteiger partial charge is 0.335 e. The molecule has 1 aliphatic carbocycles. The van der Waals surface area contributed by atoms with Gasteiger partial charge in [0.15, 0.2) is 5.60 Å². The van der Waals surface area contributed by atoms with E-state index in [2.05, 4.69) is 12.2 Å². The van der Waals surface area contributed by atoms with Crippen LogP contribution >= 0.6 is 0 Å². The van der Waals surface area contributed by atoms with Gasteiger partial charge in [0.1, 0.15) is 0 Å². The lowest BCUT2D eigenvalue weighted by Gasteiger charge is -2.27. The Labute approximate surface area is 91.1 Å². The molecule has 0 spiro atoms. The summed E-state index contributed by atoms with van der Waals surface area (Å²) in [5.41, 5.74) is -1.06. The maximum absolute atomic E-state index is 10.9. The minimum Gasteiger partial charge on any atom is -0.479 e. The first-order valence-electron chi connectivity index (χ1n) is 5.58. The van der Waals surface area contributed by atoms with Crippen molar-refractivity contribution in [2.24, 2.45) is 0 Å². The van der Waals surface area contributed by atoms with Gasteiger partial charge in [-0.2, -0.15) is 0 Å². The van der Waals surface area contributed by atoms with Crippen molar-refractivity contribution in [2.75, 3.05) is 0 Å². The van der Waals surface area contributed by atoms with Crippen LogP contribution in [0.1, 0.15) is 46.0 Å². The lowest BCUT2D eigenvalue weighted by Crippen LogP contribution is -2.38. The van der Waals surface area contributed by atoms with Crippen LogP contribution in [0.15, 0.2) is 12.2 Å². The molecule has 86 valence electrons. The normalized spacial score (nSPS) is 25.3. The molecule has 1 rings (SSSR count). The molecule has 0 fully saturated rings. The summed E-state index contributed by atoms with van der Waals surface area (Å²) in [5, 5.41) is 8.96. The minimum atomic E-state index is -1.06. The Morgan fingerprint density at radius 2 is 2.00 bits per heavy atom. The van der Waals surface area contributed by atoms with Gasteiger partial charge in [-0.05, 0) is 46.0 Å². The summed E-state index contributed by atoms with van der Waals surface area (Å²) < 4.78 is 5.64. The van der Waals surface area contributed by atoms with E-state index in [1.54, 1.807) is 13.8 Å². The van der Waals surface area contributed by atoms with Gasteiger partial charge in [-0.25, -0.2) is 4.79 Å². The fourth-order valence-electron chi connectivity index (χ4n) is 1.71. The third-order valence-electron chi connectivity index (χ3n) is 2.70. The topological polar surface area (TPSA) is 46.5 Å². The number of rotatable bonds is 3. The van der Waals surface area contributed by atoms with Crippen molar-refractivity contribution in [1.82, 2.24) is 0 Å². The van der Waals surface area contributed by atoms with E-state index in [-0.39, 0.29) is 6.10 Å². The van der Waals surface area contributed by atoms with Gasteiger partial charge in [0.05, 0.1) is 6.10 Å². The van der Waals surface area contributed by atoms with Crippen molar-refractivity contribution in [2.45, 2.75) is 57.7 Å². The van der Waals surface area contributed by atoms with Gasteiger partial charge in [-0.3, -0.25) is 0 Å². The molecule has 1 unspecified atom stereocenters. The zero-order valence-electron chi connectivity index (χ0n) is 9.53. The van der Waals surface area contributed by atoms with Crippen LogP contribution in [0.5, 0.6) is 0 Å². The molecule has 0 amide bonds. The highest BCUT2D eigenvalue weighted by atomic mass is 16.5. The molecule has 1 atom stereocenters. The average Bonchev–Trinajstić information content (AvgIpc) is 2.09. The van der Waals surface area contributed by atoms with Crippen molar-refractivity contribution in [3.8, 4) is 0 Å². The summed E-state index contributed by atoms with van der Waals surface area (Å²) in [6.07, 6.45) is 9.46. The number of carboxylic acids is 1. The maximum atomic E-state index is 10.9. The number of carboxylic acid groups (broad SMARTS) is 1. The molecule has 3 heteroatoms. The molecule has 0 aromatic heterocycles. The van der Waals surface area contributed by atoms with Crippen LogP contribution in [0.2, 0.25) is 0 Å². The Kier molecular flexibility index (Phi) is 4.33. The van der Waals surface area contributed by atoms with E-state index >= 15 is 0 Å². The van der Waals surface area contributed by atoms with Crippen LogP contribution in [0.25, 0.3) is 0 Å². The quantitative estimate of drug-likeness (QED) is 0.732. The van der Waals surface area contributed by atoms with Crippen molar-refractivity contribution in [1.29, 1.82) is 0 Å². The number of hydrogen-bond acceptors (Lipinski definition) is 2. The van der Waals surface area contributed by atoms with E-state index in [1.165, 1.54) is 0 Å². The SMILES string of the molecule is CC(C)(OC1CC/C=C\CCC1)C(=O)O. The van der Waals surface area contributed by atoms with Crippen molar-refractivity contribution >= 4 is 5.97 Å². The van der Waals surface area contributed by atoms with Gasteiger partial charge in [0.25, 0.3) is 0 Å². The molecule has 0 radical (unpaired) electrons. The van der Waals surface area contributed by atoms with Crippen LogP contribution in [-0.4, -0.2) is 22.8 Å². The van der Waals surface area contributed by atoms with Crippen LogP contribution < -0.4 is 0 Å². The van der Waals surface area contributed by atoms with Crippen molar-refractivity contribution in [3.63, 3.8) is 0 Å². The van der Waals surface area contributed by atoms with E-state index in [0.29, 0.717) is 0 Å². The lowest BCUT2D eigenvalue weighted by molar-refractivity contribution is -0.169. The predicted octanol–water partition coefficient (Wildman–Crippen LogP) is 2.76. The first kappa shape index (κ1) is 12.2. The van der Waals surface area contributed by atoms with Gasteiger partial charge in [-0.15, -0.1) is 0 Å². The van der Waals surface area contributed by atoms with Crippen LogP contribution in [0.3, 0.4) is 0 Å². The molecule has 0 aliphatic heterocycles. The zero-order chi connectivity index (χ0) is 11.3. The Balaban J connectivity index is 2.49. The standard InChI is InChI=1S/C12H20O3/c1-12(2,11(13)14)15-10-8-6-4-3-5-7-9-10/h3-4,10H,5-9H2,1-2H3,(H,13,14)/b4-3-. The Morgan fingerprint density at radius 3 is 2.67 bits per heavy atom. The summed E-state index contributed by atoms with van der Waals surface area (Å²) in [4.78, 5) is 10.9. The third-order valence-corrected chi connectivity index (χ3v) is 2.70. The van der Waals surface area contributed by atoms with Gasteiger partial charge in [-0.1, -0.05) is 12.2 Å². The van der Waals surface area contributed by atoms with E-state index in [4.69, 9.17) is 9.84 Å². The largest absolute Gasteiger partial charge is 0.479 e. The number of carbonyl (C=O) groups is 1. The van der Waals surface area contributed by atoms with Crippen LogP contribution in [0, 0.1) is 0 Å². The molecule has 15 heavy (non-hydrogen) atoms. The number of allylic oxidation sites excluding steroid dienone is 2. The third kappa shape index (κ3) is 4.04. The number of hydrogen-bond donors (Lipinski definition) is 1. The molecular weight excluding hydrogens is 192 g/mol. The molecule has 3 nitrogen and oxygen atoms in total. The highest BCUT2D eigenvalue weighted by Crippen LogP contribution is 2.21. The predicted molar refractivity (Wildman–Crippen MR) is 58.8 cm³/mol. The summed E-state index contributed by atoms with van der Waals surface area (Å²) in [6, 6.07) is 0. The fraction of sp³-hybridized carbons (Fsp3) is 0.750. The summed E-state index contributed by atoms with van der Waals surface area (Å²) in [5.74, 6) is -0.889. The maximum Gasteiger partial charge on any atom is 0.335 e. The van der Waals surface area contributed by atoms with Gasteiger partial charge < -0.3 is 9.84 Å². The van der Waals surface area contributed by atoms with Crippen LogP contribution in [0.4, 0.5) is 0 Å². The number of aliphatic carboxylic acids is 1. The van der Waals surface area contributed by atoms with Gasteiger partial charge in [0.2, 0.25) is 0 Å². The van der Waals surface area contributed by atoms with Gasteiger partial charge in [0, 0.05) is 0 Å². The van der Waals surface area contributed by atoms with Crippen molar-refractivity contribution < 1.29 is 14.6 Å². The highest BCUT2D eigenvalue weighted by Gasteiger charge is 2.31.